The molecular formula is C15H19F3O4. The van der Waals surface area contributed by atoms with Gasteiger partial charge in [0, 0.05) is 6.42 Å². The maximum absolute atomic E-state index is 12.7. The Bertz CT molecular complexity index is 508. The van der Waals surface area contributed by atoms with Crippen LogP contribution in [0.25, 0.3) is 0 Å². The van der Waals surface area contributed by atoms with E-state index in [1.54, 1.807) is 39.0 Å². The Hall–Kier alpha value is -1.47. The second-order valence-corrected chi connectivity index (χ2v) is 6.12. The Kier molecular flexibility index (Phi) is 4.87. The van der Waals surface area contributed by atoms with E-state index in [1.165, 1.54) is 0 Å². The maximum atomic E-state index is 12.7. The monoisotopic (exact) mass is 320 g/mol. The van der Waals surface area contributed by atoms with Crippen molar-refractivity contribution >= 4 is 0 Å². The minimum atomic E-state index is -4.33. The summed E-state index contributed by atoms with van der Waals surface area (Å²) in [4.78, 5) is 10.1. The lowest BCUT2D eigenvalue weighted by Gasteiger charge is -2.24. The zero-order chi connectivity index (χ0) is 16.4. The first-order valence-electron chi connectivity index (χ1n) is 6.92. The molecule has 124 valence electrons. The van der Waals surface area contributed by atoms with Crippen molar-refractivity contribution < 1.29 is 32.4 Å². The molecule has 1 heterocycles. The fourth-order valence-corrected chi connectivity index (χ4v) is 1.94. The quantitative estimate of drug-likeness (QED) is 0.606. The molecule has 1 atom stereocenters. The highest BCUT2D eigenvalue weighted by Crippen LogP contribution is 2.34. The molecular weight excluding hydrogens is 301 g/mol. The number of fused-ring (bicyclic) bond motifs is 1. The summed E-state index contributed by atoms with van der Waals surface area (Å²) < 4.78 is 48.4. The third-order valence-electron chi connectivity index (χ3n) is 2.79. The van der Waals surface area contributed by atoms with Gasteiger partial charge in [0.25, 0.3) is 0 Å². The van der Waals surface area contributed by atoms with Crippen LogP contribution in [0, 0.1) is 0 Å². The number of rotatable bonds is 5. The van der Waals surface area contributed by atoms with Crippen molar-refractivity contribution in [3.63, 3.8) is 0 Å². The third-order valence-corrected chi connectivity index (χ3v) is 2.79. The van der Waals surface area contributed by atoms with Crippen molar-refractivity contribution in [2.45, 2.75) is 51.5 Å². The fraction of sp³-hybridized carbons (Fsp3) is 0.600. The zero-order valence-corrected chi connectivity index (χ0v) is 12.7. The van der Waals surface area contributed by atoms with Gasteiger partial charge >= 0.3 is 6.18 Å². The Balaban J connectivity index is 2.04. The molecule has 22 heavy (non-hydrogen) atoms. The molecule has 0 N–H and O–H groups in total. The number of benzene rings is 1. The van der Waals surface area contributed by atoms with E-state index in [1.807, 2.05) is 0 Å². The summed E-state index contributed by atoms with van der Waals surface area (Å²) in [6.07, 6.45) is -6.48. The predicted octanol–water partition coefficient (Wildman–Crippen LogP) is 4.03. The summed E-state index contributed by atoms with van der Waals surface area (Å²) in [5.41, 5.74) is -0.0188. The van der Waals surface area contributed by atoms with Crippen LogP contribution in [0.3, 0.4) is 0 Å². The van der Waals surface area contributed by atoms with Gasteiger partial charge in [-0.15, -0.1) is 0 Å². The molecule has 2 rings (SSSR count). The van der Waals surface area contributed by atoms with E-state index in [-0.39, 0.29) is 13.2 Å². The first kappa shape index (κ1) is 16.9. The molecule has 0 spiro atoms. The second kappa shape index (κ2) is 6.34. The first-order valence-corrected chi connectivity index (χ1v) is 6.92. The molecule has 0 bridgehead atoms. The smallest absolute Gasteiger partial charge is 0.391 e. The van der Waals surface area contributed by atoms with Crippen LogP contribution in [-0.4, -0.2) is 24.7 Å². The van der Waals surface area contributed by atoms with E-state index < -0.39 is 24.3 Å². The average molecular weight is 320 g/mol. The Morgan fingerprint density at radius 3 is 2.45 bits per heavy atom. The number of alkyl halides is 3. The molecule has 0 saturated heterocycles. The molecule has 1 unspecified atom stereocenters. The summed E-state index contributed by atoms with van der Waals surface area (Å²) in [6.45, 7) is 5.24. The van der Waals surface area contributed by atoms with E-state index in [4.69, 9.17) is 19.2 Å². The summed E-state index contributed by atoms with van der Waals surface area (Å²) in [6, 6.07) is 5.02. The largest absolute Gasteiger partial charge is 0.454 e. The van der Waals surface area contributed by atoms with Crippen LogP contribution in [0.5, 0.6) is 11.5 Å². The van der Waals surface area contributed by atoms with Gasteiger partial charge in [-0.25, -0.2) is 9.78 Å². The van der Waals surface area contributed by atoms with Gasteiger partial charge in [-0.3, -0.25) is 0 Å². The molecule has 0 aromatic heterocycles. The predicted molar refractivity (Wildman–Crippen MR) is 72.7 cm³/mol. The Morgan fingerprint density at radius 2 is 1.82 bits per heavy atom. The van der Waals surface area contributed by atoms with Crippen LogP contribution in [0.2, 0.25) is 0 Å². The molecule has 0 fully saturated rings. The van der Waals surface area contributed by atoms with E-state index in [0.29, 0.717) is 17.1 Å². The van der Waals surface area contributed by atoms with Crippen LogP contribution in [-0.2, 0) is 16.2 Å². The van der Waals surface area contributed by atoms with E-state index in [2.05, 4.69) is 0 Å². The van der Waals surface area contributed by atoms with Crippen molar-refractivity contribution in [1.29, 1.82) is 0 Å². The maximum Gasteiger partial charge on any atom is 0.391 e. The molecule has 0 radical (unpaired) electrons. The molecule has 0 aliphatic carbocycles. The molecule has 4 nitrogen and oxygen atoms in total. The van der Waals surface area contributed by atoms with Gasteiger partial charge in [0.05, 0.1) is 12.0 Å². The Morgan fingerprint density at radius 1 is 1.14 bits per heavy atom. The van der Waals surface area contributed by atoms with Gasteiger partial charge in [0.15, 0.2) is 11.5 Å². The lowest BCUT2D eigenvalue weighted by molar-refractivity contribution is -0.381. The summed E-state index contributed by atoms with van der Waals surface area (Å²) >= 11 is 0. The van der Waals surface area contributed by atoms with Gasteiger partial charge in [-0.1, -0.05) is 6.07 Å². The molecule has 1 aliphatic heterocycles. The minimum absolute atomic E-state index is 0.0617. The van der Waals surface area contributed by atoms with Crippen molar-refractivity contribution in [3.8, 4) is 11.5 Å². The van der Waals surface area contributed by atoms with E-state index >= 15 is 0 Å². The highest BCUT2D eigenvalue weighted by Gasteiger charge is 2.34. The molecule has 1 aromatic carbocycles. The summed E-state index contributed by atoms with van der Waals surface area (Å²) in [7, 11) is 0. The van der Waals surface area contributed by atoms with Gasteiger partial charge in [0.1, 0.15) is 6.10 Å². The van der Waals surface area contributed by atoms with Crippen LogP contribution < -0.4 is 9.47 Å². The topological polar surface area (TPSA) is 36.9 Å². The highest BCUT2D eigenvalue weighted by atomic mass is 19.4. The zero-order valence-electron chi connectivity index (χ0n) is 12.7. The van der Waals surface area contributed by atoms with Gasteiger partial charge in [0.2, 0.25) is 6.79 Å². The van der Waals surface area contributed by atoms with Gasteiger partial charge < -0.3 is 9.47 Å². The van der Waals surface area contributed by atoms with Crippen molar-refractivity contribution in [2.75, 3.05) is 6.79 Å². The third kappa shape index (κ3) is 5.38. The molecule has 1 aliphatic rings. The average Bonchev–Trinajstić information content (AvgIpc) is 2.80. The number of halogens is 3. The molecule has 7 heteroatoms. The molecule has 1 aromatic rings. The summed E-state index contributed by atoms with van der Waals surface area (Å²) in [5.74, 6) is 1.11. The van der Waals surface area contributed by atoms with E-state index in [0.717, 1.165) is 0 Å². The van der Waals surface area contributed by atoms with Crippen LogP contribution in [0.15, 0.2) is 18.2 Å². The lowest BCUT2D eigenvalue weighted by Crippen LogP contribution is -2.29. The van der Waals surface area contributed by atoms with Crippen LogP contribution in [0.4, 0.5) is 13.2 Å². The second-order valence-electron chi connectivity index (χ2n) is 6.12. The van der Waals surface area contributed by atoms with Crippen molar-refractivity contribution in [2.24, 2.45) is 0 Å². The number of hydrogen-bond acceptors (Lipinski definition) is 4. The minimum Gasteiger partial charge on any atom is -0.454 e. The normalized spacial score (nSPS) is 15.9. The van der Waals surface area contributed by atoms with Crippen LogP contribution in [0.1, 0.15) is 32.8 Å². The van der Waals surface area contributed by atoms with E-state index in [9.17, 15) is 13.2 Å². The molecule has 0 amide bonds. The number of ether oxygens (including phenoxy) is 2. The van der Waals surface area contributed by atoms with Crippen molar-refractivity contribution in [1.82, 2.24) is 0 Å². The fourth-order valence-electron chi connectivity index (χ4n) is 1.94. The first-order chi connectivity index (χ1) is 10.1. The van der Waals surface area contributed by atoms with Crippen LogP contribution >= 0.6 is 0 Å². The standard InChI is InChI=1S/C15H19F3O4/c1-14(2,3)22-21-11(8-15(16,17)18)6-10-4-5-12-13(7-10)20-9-19-12/h4-5,7,11H,6,8-9H2,1-3H3. The van der Waals surface area contributed by atoms with Gasteiger partial charge in [-0.2, -0.15) is 13.2 Å². The van der Waals surface area contributed by atoms with Gasteiger partial charge in [-0.05, 0) is 38.5 Å². The molecule has 0 saturated carbocycles. The highest BCUT2D eigenvalue weighted by molar-refractivity contribution is 5.44. The Labute approximate surface area is 127 Å². The lowest BCUT2D eigenvalue weighted by atomic mass is 10.0. The summed E-state index contributed by atoms with van der Waals surface area (Å²) in [5, 5.41) is 0. The SMILES string of the molecule is CC(C)(C)OOC(Cc1ccc2c(c1)OCO2)CC(F)(F)F. The number of hydrogen-bond donors (Lipinski definition) is 0. The van der Waals surface area contributed by atoms with Crippen molar-refractivity contribution in [3.05, 3.63) is 23.8 Å².